The summed E-state index contributed by atoms with van der Waals surface area (Å²) in [5, 5.41) is 10.9. The lowest BCUT2D eigenvalue weighted by atomic mass is 9.64. The van der Waals surface area contributed by atoms with Crippen molar-refractivity contribution >= 4 is 35.0 Å². The van der Waals surface area contributed by atoms with Gasteiger partial charge in [-0.2, -0.15) is 0 Å². The summed E-state index contributed by atoms with van der Waals surface area (Å²) in [4.78, 5) is 49.1. The van der Waals surface area contributed by atoms with Crippen LogP contribution in [0, 0.1) is 6.92 Å². The molecule has 0 bridgehead atoms. The largest absolute Gasteiger partial charge is 0.507 e. The molecule has 1 saturated heterocycles. The number of imide groups is 1. The second-order valence-corrected chi connectivity index (χ2v) is 9.84. The number of rotatable bonds is 1. The van der Waals surface area contributed by atoms with Gasteiger partial charge in [0.2, 0.25) is 0 Å². The number of halogens is 2. The van der Waals surface area contributed by atoms with E-state index in [0.29, 0.717) is 16.7 Å². The van der Waals surface area contributed by atoms with Gasteiger partial charge in [-0.1, -0.05) is 24.3 Å². The first kappa shape index (κ1) is 21.1. The Morgan fingerprint density at radius 1 is 1.06 bits per heavy atom. The number of amides is 2. The molecule has 1 aliphatic carbocycles. The first-order chi connectivity index (χ1) is 15.0. The van der Waals surface area contributed by atoms with Crippen LogP contribution in [0.2, 0.25) is 0 Å². The molecular formula is C21H20Cl2N4O5. The number of para-hydroxylation sites is 1. The Balaban J connectivity index is 1.85. The van der Waals surface area contributed by atoms with Crippen LogP contribution in [-0.4, -0.2) is 52.5 Å². The Kier molecular flexibility index (Phi) is 4.21. The fourth-order valence-electron chi connectivity index (χ4n) is 5.38. The van der Waals surface area contributed by atoms with Crippen LogP contribution in [0.3, 0.4) is 0 Å². The number of aromatic nitrogens is 3. The highest BCUT2D eigenvalue weighted by Gasteiger charge is 2.75. The van der Waals surface area contributed by atoms with E-state index >= 15 is 0 Å². The number of allylic oxidation sites excluding steroid dienone is 2. The molecule has 1 N–H and O–H groups in total. The number of aromatic hydroxyl groups is 1. The molecule has 32 heavy (non-hydrogen) atoms. The van der Waals surface area contributed by atoms with E-state index in [9.17, 15) is 24.3 Å². The maximum atomic E-state index is 13.4. The molecule has 4 atom stereocenters. The predicted molar refractivity (Wildman–Crippen MR) is 116 cm³/mol. The molecular weight excluding hydrogens is 459 g/mol. The lowest BCUT2D eigenvalue weighted by Crippen LogP contribution is -2.59. The smallest absolute Gasteiger partial charge is 0.347 e. The van der Waals surface area contributed by atoms with Gasteiger partial charge in [0.25, 0.3) is 11.8 Å². The Hall–Kier alpha value is -2.78. The molecule has 9 nitrogen and oxygen atoms in total. The zero-order valence-corrected chi connectivity index (χ0v) is 19.0. The van der Waals surface area contributed by atoms with Crippen LogP contribution in [0.5, 0.6) is 5.75 Å². The predicted octanol–water partition coefficient (Wildman–Crippen LogP) is 0.985. The molecule has 0 spiro atoms. The lowest BCUT2D eigenvalue weighted by molar-refractivity contribution is -0.137. The Bertz CT molecular complexity index is 1370. The summed E-state index contributed by atoms with van der Waals surface area (Å²) in [6.45, 7) is 1.78. The van der Waals surface area contributed by atoms with Crippen molar-refractivity contribution in [3.8, 4) is 5.75 Å². The van der Waals surface area contributed by atoms with Gasteiger partial charge in [0.05, 0.1) is 12.6 Å². The molecule has 2 aromatic rings. The minimum atomic E-state index is -1.92. The molecule has 4 unspecified atom stereocenters. The molecule has 168 valence electrons. The number of aryl methyl sites for hydroxylation is 1. The number of phenols is 1. The summed E-state index contributed by atoms with van der Waals surface area (Å²) in [7, 11) is 2.68. The minimum absolute atomic E-state index is 0.0729. The summed E-state index contributed by atoms with van der Waals surface area (Å²) in [5.74, 6) is -2.43. The maximum Gasteiger partial charge on any atom is 0.347 e. The minimum Gasteiger partial charge on any atom is -0.507 e. The maximum absolute atomic E-state index is 13.4. The number of nitrogens with zero attached hydrogens (tertiary/aromatic N) is 4. The van der Waals surface area contributed by atoms with E-state index in [1.54, 1.807) is 31.2 Å². The van der Waals surface area contributed by atoms with E-state index < -0.39 is 44.9 Å². The third-order valence-corrected chi connectivity index (χ3v) is 8.47. The van der Waals surface area contributed by atoms with Gasteiger partial charge in [0.15, 0.2) is 9.75 Å². The molecule has 5 rings (SSSR count). The SMILES string of the molecule is Cc1cccc(C2C3=CCn4c(=O)n(C)c(=O)n4C3CC3(Cl)C(=O)N(C)C(=O)C23Cl)c1O. The quantitative estimate of drug-likeness (QED) is 0.373. The molecule has 1 saturated carbocycles. The first-order valence-electron chi connectivity index (χ1n) is 10.0. The van der Waals surface area contributed by atoms with Crippen molar-refractivity contribution in [2.45, 2.75) is 41.6 Å². The van der Waals surface area contributed by atoms with Crippen LogP contribution >= 0.6 is 23.2 Å². The van der Waals surface area contributed by atoms with Gasteiger partial charge in [-0.25, -0.2) is 23.5 Å². The van der Waals surface area contributed by atoms with E-state index in [-0.39, 0.29) is 18.7 Å². The van der Waals surface area contributed by atoms with Gasteiger partial charge in [-0.3, -0.25) is 14.5 Å². The first-order valence-corrected chi connectivity index (χ1v) is 10.8. The highest BCUT2D eigenvalue weighted by Crippen LogP contribution is 2.64. The molecule has 1 aromatic heterocycles. The topological polar surface area (TPSA) is 107 Å². The van der Waals surface area contributed by atoms with Crippen molar-refractivity contribution in [2.75, 3.05) is 7.05 Å². The number of alkyl halides is 2. The average Bonchev–Trinajstić information content (AvgIpc) is 3.06. The van der Waals surface area contributed by atoms with Crippen molar-refractivity contribution < 1.29 is 14.7 Å². The molecule has 2 aliphatic heterocycles. The number of phenolic OH excluding ortho intramolecular Hbond substituents is 1. The van der Waals surface area contributed by atoms with Crippen molar-refractivity contribution in [3.05, 3.63) is 61.9 Å². The fraction of sp³-hybridized carbons (Fsp3) is 0.429. The molecule has 1 aromatic carbocycles. The van der Waals surface area contributed by atoms with Crippen LogP contribution < -0.4 is 11.4 Å². The van der Waals surface area contributed by atoms with Crippen molar-refractivity contribution in [1.82, 2.24) is 18.8 Å². The van der Waals surface area contributed by atoms with Crippen LogP contribution in [0.1, 0.15) is 29.5 Å². The summed E-state index contributed by atoms with van der Waals surface area (Å²) >= 11 is 14.0. The van der Waals surface area contributed by atoms with Crippen LogP contribution in [-0.2, 0) is 23.2 Å². The second kappa shape index (κ2) is 6.39. The van der Waals surface area contributed by atoms with Crippen LogP contribution in [0.25, 0.3) is 0 Å². The number of hydrogen-bond acceptors (Lipinski definition) is 5. The molecule has 3 aliphatic rings. The number of carbonyl (C=O) groups is 2. The highest BCUT2D eigenvalue weighted by atomic mass is 35.5. The van der Waals surface area contributed by atoms with E-state index in [1.165, 1.54) is 23.5 Å². The van der Waals surface area contributed by atoms with E-state index in [4.69, 9.17) is 23.2 Å². The number of likely N-dealkylation sites (tertiary alicyclic amines) is 1. The monoisotopic (exact) mass is 478 g/mol. The average molecular weight is 479 g/mol. The van der Waals surface area contributed by atoms with Gasteiger partial charge < -0.3 is 5.11 Å². The summed E-state index contributed by atoms with van der Waals surface area (Å²) in [5.41, 5.74) is 0.377. The van der Waals surface area contributed by atoms with Crippen molar-refractivity contribution in [3.63, 3.8) is 0 Å². The fourth-order valence-corrected chi connectivity index (χ4v) is 6.37. The Morgan fingerprint density at radius 2 is 1.75 bits per heavy atom. The lowest BCUT2D eigenvalue weighted by Gasteiger charge is -2.49. The third-order valence-electron chi connectivity index (χ3n) is 7.05. The van der Waals surface area contributed by atoms with Gasteiger partial charge in [-0.05, 0) is 18.1 Å². The van der Waals surface area contributed by atoms with Crippen molar-refractivity contribution in [2.24, 2.45) is 7.05 Å². The zero-order valence-electron chi connectivity index (χ0n) is 17.5. The summed E-state index contributed by atoms with van der Waals surface area (Å²) in [6, 6.07) is 4.24. The number of carbonyl (C=O) groups excluding carboxylic acids is 2. The van der Waals surface area contributed by atoms with Crippen molar-refractivity contribution in [1.29, 1.82) is 0 Å². The normalized spacial score (nSPS) is 31.3. The molecule has 0 radical (unpaired) electrons. The van der Waals surface area contributed by atoms with Gasteiger partial charge in [-0.15, -0.1) is 23.2 Å². The number of hydrogen-bond donors (Lipinski definition) is 1. The Morgan fingerprint density at radius 3 is 2.44 bits per heavy atom. The number of fused-ring (bicyclic) bond motifs is 4. The third kappa shape index (κ3) is 2.20. The molecule has 2 fully saturated rings. The number of benzene rings is 1. The van der Waals surface area contributed by atoms with Gasteiger partial charge in [0.1, 0.15) is 5.75 Å². The molecule has 11 heteroatoms. The van der Waals surface area contributed by atoms with E-state index in [2.05, 4.69) is 0 Å². The summed E-state index contributed by atoms with van der Waals surface area (Å²) < 4.78 is 3.53. The molecule has 3 heterocycles. The van der Waals surface area contributed by atoms with Crippen LogP contribution in [0.15, 0.2) is 39.4 Å². The Labute approximate surface area is 192 Å². The van der Waals surface area contributed by atoms with Gasteiger partial charge in [0, 0.05) is 32.0 Å². The second-order valence-electron chi connectivity index (χ2n) is 8.60. The van der Waals surface area contributed by atoms with Gasteiger partial charge >= 0.3 is 11.4 Å². The van der Waals surface area contributed by atoms with Crippen LogP contribution in [0.4, 0.5) is 0 Å². The standard InChI is InChI=1S/C21H20Cl2N4O5/c1-10-5-4-6-12(15(10)28)14-11-7-8-26-18(31)25(3)19(32)27(26)13(11)9-20(22)16(29)24(2)17(30)21(14,20)23/h4-7,13-14,28H,8-9H2,1-3H3. The molecule has 2 amide bonds. The zero-order chi connectivity index (χ0) is 23.3. The highest BCUT2D eigenvalue weighted by molar-refractivity contribution is 6.53. The van der Waals surface area contributed by atoms with E-state index in [1.807, 2.05) is 0 Å². The summed E-state index contributed by atoms with van der Waals surface area (Å²) in [6.07, 6.45) is 1.57. The van der Waals surface area contributed by atoms with E-state index in [0.717, 1.165) is 9.47 Å².